The molecular formula is C26H25BrCl2N2O2S. The number of carbonyl (C=O) groups is 1. The van der Waals surface area contributed by atoms with Crippen molar-refractivity contribution in [3.05, 3.63) is 72.5 Å². The Morgan fingerprint density at radius 3 is 2.59 bits per heavy atom. The van der Waals surface area contributed by atoms with Crippen LogP contribution in [0.3, 0.4) is 0 Å². The van der Waals surface area contributed by atoms with Crippen LogP contribution in [-0.2, 0) is 12.8 Å². The molecule has 1 atom stereocenters. The average Bonchev–Trinajstić information content (AvgIpc) is 3.14. The van der Waals surface area contributed by atoms with Crippen LogP contribution in [0.15, 0.2) is 45.9 Å². The lowest BCUT2D eigenvalue weighted by atomic mass is 9.72. The molecule has 1 aliphatic carbocycles. The maximum Gasteiger partial charge on any atom is 0.259 e. The number of nitrogens with one attached hydrogen (secondary N) is 1. The number of benzene rings is 2. The van der Waals surface area contributed by atoms with Crippen molar-refractivity contribution in [3.63, 3.8) is 0 Å². The van der Waals surface area contributed by atoms with E-state index in [9.17, 15) is 9.90 Å². The number of thiophene rings is 1. The van der Waals surface area contributed by atoms with E-state index in [2.05, 4.69) is 47.0 Å². The lowest BCUT2D eigenvalue weighted by Crippen LogP contribution is -2.27. The second-order valence-corrected chi connectivity index (χ2v) is 12.3. The van der Waals surface area contributed by atoms with Crippen LogP contribution in [-0.4, -0.2) is 17.2 Å². The van der Waals surface area contributed by atoms with Gasteiger partial charge in [0.05, 0.1) is 10.0 Å². The van der Waals surface area contributed by atoms with Crippen LogP contribution in [0.25, 0.3) is 0 Å². The molecule has 0 bridgehead atoms. The lowest BCUT2D eigenvalue weighted by molar-refractivity contribution is 0.102. The monoisotopic (exact) mass is 578 g/mol. The fraction of sp³-hybridized carbons (Fsp3) is 0.308. The van der Waals surface area contributed by atoms with Crippen LogP contribution >= 0.6 is 50.5 Å². The van der Waals surface area contributed by atoms with Crippen LogP contribution in [0.1, 0.15) is 53.6 Å². The summed E-state index contributed by atoms with van der Waals surface area (Å²) in [6.07, 6.45) is 4.35. The summed E-state index contributed by atoms with van der Waals surface area (Å²) in [6.45, 7) is 6.80. The lowest BCUT2D eigenvalue weighted by Gasteiger charge is -2.33. The van der Waals surface area contributed by atoms with Gasteiger partial charge in [-0.3, -0.25) is 4.79 Å². The normalized spacial score (nSPS) is 16.0. The van der Waals surface area contributed by atoms with E-state index in [-0.39, 0.29) is 17.1 Å². The summed E-state index contributed by atoms with van der Waals surface area (Å²) >= 11 is 17.0. The molecule has 2 aromatic carbocycles. The van der Waals surface area contributed by atoms with E-state index in [1.165, 1.54) is 4.88 Å². The summed E-state index contributed by atoms with van der Waals surface area (Å²) in [4.78, 5) is 19.3. The molecular weight excluding hydrogens is 555 g/mol. The first-order valence-corrected chi connectivity index (χ1v) is 13.3. The Kier molecular flexibility index (Phi) is 7.44. The van der Waals surface area contributed by atoms with Gasteiger partial charge in [-0.1, -0.05) is 44.0 Å². The molecule has 0 aliphatic heterocycles. The Morgan fingerprint density at radius 2 is 1.91 bits per heavy atom. The average molecular weight is 580 g/mol. The van der Waals surface area contributed by atoms with Gasteiger partial charge in [-0.05, 0) is 88.5 Å². The first kappa shape index (κ1) is 25.2. The Bertz CT molecular complexity index is 1260. The van der Waals surface area contributed by atoms with Crippen LogP contribution in [0.5, 0.6) is 5.75 Å². The quantitative estimate of drug-likeness (QED) is 0.304. The molecule has 0 spiro atoms. The number of anilines is 1. The molecule has 3 aromatic rings. The Morgan fingerprint density at radius 1 is 1.21 bits per heavy atom. The molecule has 4 nitrogen and oxygen atoms in total. The number of halogens is 3. The van der Waals surface area contributed by atoms with Gasteiger partial charge in [0.1, 0.15) is 10.8 Å². The molecule has 1 aromatic heterocycles. The van der Waals surface area contributed by atoms with Gasteiger partial charge in [-0.2, -0.15) is 0 Å². The van der Waals surface area contributed by atoms with Crippen molar-refractivity contribution < 1.29 is 9.90 Å². The Balaban J connectivity index is 1.73. The molecule has 8 heteroatoms. The van der Waals surface area contributed by atoms with Crippen molar-refractivity contribution >= 4 is 73.3 Å². The van der Waals surface area contributed by atoms with E-state index < -0.39 is 0 Å². The number of amides is 1. The maximum atomic E-state index is 13.4. The van der Waals surface area contributed by atoms with Crippen LogP contribution in [0.2, 0.25) is 10.0 Å². The van der Waals surface area contributed by atoms with Crippen molar-refractivity contribution in [2.75, 3.05) is 5.32 Å². The molecule has 178 valence electrons. The van der Waals surface area contributed by atoms with Crippen molar-refractivity contribution in [3.8, 4) is 5.75 Å². The largest absolute Gasteiger partial charge is 0.506 e. The number of hydrogen-bond acceptors (Lipinski definition) is 4. The van der Waals surface area contributed by atoms with E-state index in [1.54, 1.807) is 53.9 Å². The molecule has 0 fully saturated rings. The minimum Gasteiger partial charge on any atom is -0.506 e. The summed E-state index contributed by atoms with van der Waals surface area (Å²) in [5, 5.41) is 15.1. The van der Waals surface area contributed by atoms with E-state index in [0.29, 0.717) is 42.3 Å². The highest BCUT2D eigenvalue weighted by atomic mass is 79.9. The molecule has 2 N–H and O–H groups in total. The smallest absolute Gasteiger partial charge is 0.259 e. The number of phenols is 1. The highest BCUT2D eigenvalue weighted by Gasteiger charge is 2.33. The maximum absolute atomic E-state index is 13.4. The Labute approximate surface area is 222 Å². The number of aliphatic imine (C=N–C) groups is 1. The predicted molar refractivity (Wildman–Crippen MR) is 147 cm³/mol. The van der Waals surface area contributed by atoms with Gasteiger partial charge in [0, 0.05) is 32.4 Å². The van der Waals surface area contributed by atoms with Crippen molar-refractivity contribution in [1.29, 1.82) is 0 Å². The van der Waals surface area contributed by atoms with E-state index in [0.717, 1.165) is 24.8 Å². The standard InChI is InChI=1S/C26H25BrCl2N2O2S/c1-26(2,3)15-4-9-19-21(11-15)34-25(30-13-14-10-17(29)12-20(27)23(14)32)22(19)24(33)31-18-7-5-16(28)6-8-18/h5-8,10,12-13,15,32H,4,9,11H2,1-3H3,(H,31,33)/t15-/m0/s1. The number of carbonyl (C=O) groups excluding carboxylic acids is 1. The molecule has 4 rings (SSSR count). The SMILES string of the molecule is CC(C)(C)[C@H]1CCc2c(sc(N=Cc3cc(Cl)cc(Br)c3O)c2C(=O)Nc2ccc(Cl)cc2)C1. The van der Waals surface area contributed by atoms with Gasteiger partial charge in [0.15, 0.2) is 0 Å². The molecule has 34 heavy (non-hydrogen) atoms. The van der Waals surface area contributed by atoms with Gasteiger partial charge in [-0.15, -0.1) is 11.3 Å². The van der Waals surface area contributed by atoms with Crippen molar-refractivity contribution in [2.24, 2.45) is 16.3 Å². The predicted octanol–water partition coefficient (Wildman–Crippen LogP) is 8.68. The van der Waals surface area contributed by atoms with E-state index >= 15 is 0 Å². The number of phenolic OH excluding ortho intramolecular Hbond substituents is 1. The summed E-state index contributed by atoms with van der Waals surface area (Å²) < 4.78 is 0.487. The van der Waals surface area contributed by atoms with Crippen molar-refractivity contribution in [2.45, 2.75) is 40.0 Å². The van der Waals surface area contributed by atoms with Gasteiger partial charge in [0.2, 0.25) is 0 Å². The molecule has 1 heterocycles. The molecule has 1 aliphatic rings. The zero-order chi connectivity index (χ0) is 24.6. The first-order valence-electron chi connectivity index (χ1n) is 11.0. The number of hydrogen-bond donors (Lipinski definition) is 2. The van der Waals surface area contributed by atoms with Crippen molar-refractivity contribution in [1.82, 2.24) is 0 Å². The summed E-state index contributed by atoms with van der Waals surface area (Å²) in [6, 6.07) is 10.3. The minimum atomic E-state index is -0.197. The van der Waals surface area contributed by atoms with Crippen LogP contribution in [0, 0.1) is 11.3 Å². The topological polar surface area (TPSA) is 61.7 Å². The van der Waals surface area contributed by atoms with Gasteiger partial charge in [0.25, 0.3) is 5.91 Å². The highest BCUT2D eigenvalue weighted by Crippen LogP contribution is 2.45. The molecule has 0 saturated carbocycles. The van der Waals surface area contributed by atoms with Gasteiger partial charge in [-0.25, -0.2) is 4.99 Å². The van der Waals surface area contributed by atoms with Crippen LogP contribution < -0.4 is 5.32 Å². The van der Waals surface area contributed by atoms with Crippen LogP contribution in [0.4, 0.5) is 10.7 Å². The molecule has 1 amide bonds. The minimum absolute atomic E-state index is 0.0504. The second-order valence-electron chi connectivity index (χ2n) is 9.53. The molecule has 0 unspecified atom stereocenters. The Hall–Kier alpha value is -1.86. The summed E-state index contributed by atoms with van der Waals surface area (Å²) in [5.74, 6) is 0.391. The number of nitrogens with zero attached hydrogens (tertiary/aromatic N) is 1. The zero-order valence-electron chi connectivity index (χ0n) is 19.1. The third-order valence-electron chi connectivity index (χ3n) is 6.18. The summed E-state index contributed by atoms with van der Waals surface area (Å²) in [5.41, 5.74) is 3.00. The number of rotatable bonds is 4. The summed E-state index contributed by atoms with van der Waals surface area (Å²) in [7, 11) is 0. The second kappa shape index (κ2) is 10.0. The fourth-order valence-electron chi connectivity index (χ4n) is 4.18. The third-order valence-corrected chi connectivity index (χ3v) is 8.42. The number of fused-ring (bicyclic) bond motifs is 1. The molecule has 0 saturated heterocycles. The van der Waals surface area contributed by atoms with E-state index in [4.69, 9.17) is 23.2 Å². The number of aromatic hydroxyl groups is 1. The molecule has 0 radical (unpaired) electrons. The van der Waals surface area contributed by atoms with Gasteiger partial charge >= 0.3 is 0 Å². The van der Waals surface area contributed by atoms with E-state index in [1.807, 2.05) is 0 Å². The third kappa shape index (κ3) is 5.51. The first-order chi connectivity index (χ1) is 16.0. The fourth-order valence-corrected chi connectivity index (χ4v) is 6.40. The van der Waals surface area contributed by atoms with Gasteiger partial charge < -0.3 is 10.4 Å². The highest BCUT2D eigenvalue weighted by molar-refractivity contribution is 9.10. The zero-order valence-corrected chi connectivity index (χ0v) is 23.0.